The van der Waals surface area contributed by atoms with Crippen LogP contribution < -0.4 is 5.32 Å². The van der Waals surface area contributed by atoms with Crippen LogP contribution in [0.3, 0.4) is 0 Å². The molecule has 3 aromatic carbocycles. The van der Waals surface area contributed by atoms with Gasteiger partial charge in [-0.25, -0.2) is 4.79 Å². The molecule has 0 aliphatic carbocycles. The number of ether oxygens (including phenoxy) is 1. The van der Waals surface area contributed by atoms with Gasteiger partial charge in [-0.2, -0.15) is 5.10 Å². The van der Waals surface area contributed by atoms with E-state index in [0.29, 0.717) is 22.8 Å². The van der Waals surface area contributed by atoms with E-state index in [1.165, 1.54) is 7.11 Å². The lowest BCUT2D eigenvalue weighted by Gasteiger charge is -2.27. The summed E-state index contributed by atoms with van der Waals surface area (Å²) in [5, 5.41) is 10.1. The standard InChI is InChI=1S/C26H24ClN3O3/c1-26(20-6-4-3-5-7-20)17-30(29-24(26)18-8-12-21(27)13-9-18)16-23(31)28-22-14-10-19(11-15-22)25(32)33-2/h3-15H,16-17H2,1-2H3,(H,28,31). The lowest BCUT2D eigenvalue weighted by Crippen LogP contribution is -2.38. The van der Waals surface area contributed by atoms with Crippen LogP contribution in [0.2, 0.25) is 5.02 Å². The number of benzene rings is 3. The molecule has 0 saturated heterocycles. The number of amides is 1. The molecule has 6 nitrogen and oxygen atoms in total. The van der Waals surface area contributed by atoms with E-state index in [2.05, 4.69) is 24.4 Å². The summed E-state index contributed by atoms with van der Waals surface area (Å²) >= 11 is 6.09. The number of rotatable bonds is 6. The van der Waals surface area contributed by atoms with E-state index in [0.717, 1.165) is 16.8 Å². The summed E-state index contributed by atoms with van der Waals surface area (Å²) in [4.78, 5) is 24.3. The number of nitrogens with one attached hydrogen (secondary N) is 1. The maximum atomic E-state index is 12.7. The number of halogens is 1. The number of carbonyl (C=O) groups excluding carboxylic acids is 2. The van der Waals surface area contributed by atoms with Gasteiger partial charge < -0.3 is 10.1 Å². The van der Waals surface area contributed by atoms with Gasteiger partial charge in [-0.15, -0.1) is 0 Å². The number of methoxy groups -OCH3 is 1. The zero-order valence-corrected chi connectivity index (χ0v) is 19.2. The fourth-order valence-corrected chi connectivity index (χ4v) is 4.14. The molecule has 1 amide bonds. The van der Waals surface area contributed by atoms with Crippen LogP contribution in [0.5, 0.6) is 0 Å². The van der Waals surface area contributed by atoms with E-state index in [1.807, 2.05) is 42.5 Å². The molecular weight excluding hydrogens is 438 g/mol. The molecule has 168 valence electrons. The summed E-state index contributed by atoms with van der Waals surface area (Å²) in [5.74, 6) is -0.619. The normalized spacial score (nSPS) is 17.4. The fraction of sp³-hybridized carbons (Fsp3) is 0.192. The van der Waals surface area contributed by atoms with Crippen molar-refractivity contribution in [2.24, 2.45) is 5.10 Å². The monoisotopic (exact) mass is 461 g/mol. The van der Waals surface area contributed by atoms with E-state index in [9.17, 15) is 9.59 Å². The van der Waals surface area contributed by atoms with Crippen molar-refractivity contribution in [1.29, 1.82) is 0 Å². The Hall–Kier alpha value is -3.64. The molecule has 33 heavy (non-hydrogen) atoms. The largest absolute Gasteiger partial charge is 0.465 e. The Morgan fingerprint density at radius 3 is 2.33 bits per heavy atom. The highest BCUT2D eigenvalue weighted by Crippen LogP contribution is 2.35. The van der Waals surface area contributed by atoms with Crippen LogP contribution in [0.15, 0.2) is 84.0 Å². The maximum absolute atomic E-state index is 12.7. The second kappa shape index (κ2) is 9.46. The van der Waals surface area contributed by atoms with Gasteiger partial charge in [0.05, 0.1) is 30.3 Å². The summed E-state index contributed by atoms with van der Waals surface area (Å²) in [7, 11) is 1.33. The zero-order chi connectivity index (χ0) is 23.4. The summed E-state index contributed by atoms with van der Waals surface area (Å²) in [6.07, 6.45) is 0. The SMILES string of the molecule is COC(=O)c1ccc(NC(=O)CN2CC(C)(c3ccccc3)C(c3ccc(Cl)cc3)=N2)cc1. The van der Waals surface area contributed by atoms with Gasteiger partial charge in [-0.1, -0.05) is 54.1 Å². The molecule has 1 atom stereocenters. The summed E-state index contributed by atoms with van der Waals surface area (Å²) in [6, 6.07) is 24.3. The Bertz CT molecular complexity index is 1180. The Kier molecular flexibility index (Phi) is 6.47. The van der Waals surface area contributed by atoms with E-state index >= 15 is 0 Å². The fourth-order valence-electron chi connectivity index (χ4n) is 4.01. The van der Waals surface area contributed by atoms with E-state index in [-0.39, 0.29) is 12.5 Å². The molecular formula is C26H24ClN3O3. The first kappa shape index (κ1) is 22.6. The van der Waals surface area contributed by atoms with Crippen LogP contribution in [0.4, 0.5) is 5.69 Å². The lowest BCUT2D eigenvalue weighted by molar-refractivity contribution is -0.117. The highest BCUT2D eigenvalue weighted by molar-refractivity contribution is 6.30. The Labute approximate surface area is 197 Å². The molecule has 1 heterocycles. The van der Waals surface area contributed by atoms with Crippen molar-refractivity contribution in [3.8, 4) is 0 Å². The van der Waals surface area contributed by atoms with Crippen molar-refractivity contribution in [2.45, 2.75) is 12.3 Å². The van der Waals surface area contributed by atoms with Crippen LogP contribution in [0.25, 0.3) is 0 Å². The average molecular weight is 462 g/mol. The van der Waals surface area contributed by atoms with Gasteiger partial charge in [0, 0.05) is 10.7 Å². The number of hydrogen-bond acceptors (Lipinski definition) is 5. The van der Waals surface area contributed by atoms with Gasteiger partial charge in [0.2, 0.25) is 5.91 Å². The van der Waals surface area contributed by atoms with Crippen LogP contribution in [0, 0.1) is 0 Å². The molecule has 7 heteroatoms. The summed E-state index contributed by atoms with van der Waals surface area (Å²) in [6.45, 7) is 2.79. The van der Waals surface area contributed by atoms with Crippen LogP contribution >= 0.6 is 11.6 Å². The number of carbonyl (C=O) groups is 2. The third kappa shape index (κ3) is 4.91. The smallest absolute Gasteiger partial charge is 0.337 e. The molecule has 1 aliphatic rings. The van der Waals surface area contributed by atoms with Gasteiger partial charge in [-0.05, 0) is 54.4 Å². The Morgan fingerprint density at radius 1 is 1.03 bits per heavy atom. The molecule has 1 aliphatic heterocycles. The Morgan fingerprint density at radius 2 is 1.70 bits per heavy atom. The molecule has 0 fully saturated rings. The van der Waals surface area contributed by atoms with Crippen LogP contribution in [-0.4, -0.2) is 42.8 Å². The van der Waals surface area contributed by atoms with Gasteiger partial charge in [-0.3, -0.25) is 9.80 Å². The van der Waals surface area contributed by atoms with Gasteiger partial charge in [0.1, 0.15) is 6.54 Å². The Balaban J connectivity index is 1.53. The van der Waals surface area contributed by atoms with E-state index in [1.54, 1.807) is 29.3 Å². The van der Waals surface area contributed by atoms with E-state index < -0.39 is 11.4 Å². The van der Waals surface area contributed by atoms with Crippen molar-refractivity contribution in [2.75, 3.05) is 25.5 Å². The summed E-state index contributed by atoms with van der Waals surface area (Å²) in [5.41, 5.74) is 3.61. The molecule has 0 bridgehead atoms. The van der Waals surface area contributed by atoms with Gasteiger partial charge >= 0.3 is 5.97 Å². The first-order valence-corrected chi connectivity index (χ1v) is 10.9. The predicted octanol–water partition coefficient (Wildman–Crippen LogP) is 4.74. The minimum absolute atomic E-state index is 0.0955. The minimum Gasteiger partial charge on any atom is -0.465 e. The minimum atomic E-state index is -0.422. The van der Waals surface area contributed by atoms with Crippen LogP contribution in [0.1, 0.15) is 28.4 Å². The lowest BCUT2D eigenvalue weighted by atomic mass is 9.76. The second-order valence-electron chi connectivity index (χ2n) is 8.09. The van der Waals surface area contributed by atoms with Crippen molar-refractivity contribution >= 4 is 34.9 Å². The number of hydrazone groups is 1. The first-order valence-electron chi connectivity index (χ1n) is 10.5. The third-order valence-corrected chi connectivity index (χ3v) is 5.96. The molecule has 1 N–H and O–H groups in total. The topological polar surface area (TPSA) is 71.0 Å². The third-order valence-electron chi connectivity index (χ3n) is 5.71. The van der Waals surface area contributed by atoms with E-state index in [4.69, 9.17) is 21.4 Å². The maximum Gasteiger partial charge on any atom is 0.337 e. The number of hydrogen-bond donors (Lipinski definition) is 1. The molecule has 0 spiro atoms. The molecule has 4 rings (SSSR count). The van der Waals surface area contributed by atoms with Crippen LogP contribution in [-0.2, 0) is 14.9 Å². The predicted molar refractivity (Wildman–Crippen MR) is 130 cm³/mol. The number of anilines is 1. The van der Waals surface area contributed by atoms with Gasteiger partial charge in [0.15, 0.2) is 0 Å². The van der Waals surface area contributed by atoms with Crippen molar-refractivity contribution in [3.63, 3.8) is 0 Å². The number of esters is 1. The highest BCUT2D eigenvalue weighted by Gasteiger charge is 2.41. The number of nitrogens with zero attached hydrogens (tertiary/aromatic N) is 2. The van der Waals surface area contributed by atoms with Gasteiger partial charge in [0.25, 0.3) is 0 Å². The highest BCUT2D eigenvalue weighted by atomic mass is 35.5. The molecule has 3 aromatic rings. The molecule has 0 aromatic heterocycles. The van der Waals surface area contributed by atoms with Crippen molar-refractivity contribution in [3.05, 3.63) is 101 Å². The second-order valence-corrected chi connectivity index (χ2v) is 8.53. The van der Waals surface area contributed by atoms with Crippen molar-refractivity contribution < 1.29 is 14.3 Å². The molecule has 0 radical (unpaired) electrons. The first-order chi connectivity index (χ1) is 15.9. The molecule has 0 saturated carbocycles. The molecule has 1 unspecified atom stereocenters. The quantitative estimate of drug-likeness (QED) is 0.538. The average Bonchev–Trinajstić information content (AvgIpc) is 3.17. The van der Waals surface area contributed by atoms with Crippen molar-refractivity contribution in [1.82, 2.24) is 5.01 Å². The summed E-state index contributed by atoms with van der Waals surface area (Å²) < 4.78 is 4.70. The zero-order valence-electron chi connectivity index (χ0n) is 18.4.